The lowest BCUT2D eigenvalue weighted by Gasteiger charge is -2.26. The van der Waals surface area contributed by atoms with E-state index in [2.05, 4.69) is 31.9 Å². The number of benzene rings is 2. The second-order valence-corrected chi connectivity index (χ2v) is 12.8. The van der Waals surface area contributed by atoms with Gasteiger partial charge in [0.2, 0.25) is 35.4 Å². The predicted octanol–water partition coefficient (Wildman–Crippen LogP) is -3.88. The Hall–Kier alpha value is -5.63. The van der Waals surface area contributed by atoms with E-state index in [1.807, 2.05) is 0 Å². The number of carbonyl (C=O) groups is 7. The summed E-state index contributed by atoms with van der Waals surface area (Å²) in [5.41, 5.74) is 12.3. The Morgan fingerprint density at radius 3 is 1.63 bits per heavy atom. The zero-order valence-corrected chi connectivity index (χ0v) is 30.2. The minimum atomic E-state index is -1.64. The van der Waals surface area contributed by atoms with Crippen molar-refractivity contribution in [3.63, 3.8) is 0 Å². The average molecular weight is 759 g/mol. The summed E-state index contributed by atoms with van der Waals surface area (Å²) >= 11 is 0. The molecule has 2 aromatic rings. The molecule has 2 aromatic carbocycles. The monoisotopic (exact) mass is 758 g/mol. The molecule has 0 radical (unpaired) electrons. The number of aliphatic hydroxyl groups is 2. The van der Waals surface area contributed by atoms with Crippen molar-refractivity contribution in [1.82, 2.24) is 31.9 Å². The Labute approximate surface area is 311 Å². The molecule has 0 aliphatic heterocycles. The molecular formula is C35H50N8O11. The molecule has 0 heterocycles. The molecule has 6 amide bonds. The van der Waals surface area contributed by atoms with E-state index in [0.29, 0.717) is 11.1 Å². The second kappa shape index (κ2) is 21.8. The Kier molecular flexibility index (Phi) is 18.0. The van der Waals surface area contributed by atoms with Crippen LogP contribution in [-0.2, 0) is 46.4 Å². The van der Waals surface area contributed by atoms with Gasteiger partial charge in [-0.2, -0.15) is 0 Å². The molecule has 0 saturated carbocycles. The van der Waals surface area contributed by atoms with E-state index in [1.54, 1.807) is 44.2 Å². The number of rotatable bonds is 21. The number of aliphatic hydroxyl groups excluding tert-OH is 2. The number of amides is 6. The summed E-state index contributed by atoms with van der Waals surface area (Å²) in [6.45, 7) is 2.47. The van der Waals surface area contributed by atoms with Crippen LogP contribution in [0.2, 0.25) is 0 Å². The molecular weight excluding hydrogens is 708 g/mol. The first kappa shape index (κ1) is 44.5. The van der Waals surface area contributed by atoms with Crippen LogP contribution in [0.25, 0.3) is 0 Å². The van der Waals surface area contributed by atoms with Crippen LogP contribution in [0, 0.1) is 5.92 Å². The van der Waals surface area contributed by atoms with Crippen LogP contribution in [0.15, 0.2) is 54.6 Å². The van der Waals surface area contributed by atoms with Crippen molar-refractivity contribution in [2.45, 2.75) is 75.9 Å². The van der Waals surface area contributed by atoms with Gasteiger partial charge in [-0.3, -0.25) is 28.8 Å². The Morgan fingerprint density at radius 1 is 0.593 bits per heavy atom. The van der Waals surface area contributed by atoms with Crippen LogP contribution < -0.4 is 43.4 Å². The van der Waals surface area contributed by atoms with Gasteiger partial charge < -0.3 is 63.8 Å². The third-order valence-corrected chi connectivity index (χ3v) is 8.12. The summed E-state index contributed by atoms with van der Waals surface area (Å²) in [7, 11) is 0. The number of hydrogen-bond acceptors (Lipinski definition) is 12. The van der Waals surface area contributed by atoms with Crippen LogP contribution in [0.4, 0.5) is 0 Å². The van der Waals surface area contributed by atoms with Crippen LogP contribution in [0.1, 0.15) is 31.9 Å². The molecule has 54 heavy (non-hydrogen) atoms. The summed E-state index contributed by atoms with van der Waals surface area (Å²) in [6, 6.07) is 4.62. The third-order valence-electron chi connectivity index (χ3n) is 8.12. The number of hydrogen-bond donors (Lipinski definition) is 12. The molecule has 19 nitrogen and oxygen atoms in total. The van der Waals surface area contributed by atoms with Crippen molar-refractivity contribution in [2.24, 2.45) is 17.4 Å². The van der Waals surface area contributed by atoms with Crippen molar-refractivity contribution in [1.29, 1.82) is 0 Å². The van der Waals surface area contributed by atoms with E-state index >= 15 is 0 Å². The van der Waals surface area contributed by atoms with Gasteiger partial charge in [0.1, 0.15) is 48.0 Å². The topological polar surface area (TPSA) is 325 Å². The Morgan fingerprint density at radius 2 is 1.09 bits per heavy atom. The number of aromatic hydroxyl groups is 1. The van der Waals surface area contributed by atoms with Crippen LogP contribution in [0.3, 0.4) is 0 Å². The Balaban J connectivity index is 2.13. The molecule has 0 aliphatic carbocycles. The first-order valence-electron chi connectivity index (χ1n) is 17.0. The van der Waals surface area contributed by atoms with Crippen LogP contribution in [-0.4, -0.2) is 124 Å². The maximum atomic E-state index is 13.4. The molecule has 0 aliphatic rings. The van der Waals surface area contributed by atoms with Crippen LogP contribution in [0.5, 0.6) is 5.75 Å². The van der Waals surface area contributed by atoms with E-state index < -0.39 is 109 Å². The van der Waals surface area contributed by atoms with Crippen LogP contribution >= 0.6 is 0 Å². The first-order chi connectivity index (χ1) is 25.5. The summed E-state index contributed by atoms with van der Waals surface area (Å²) in [4.78, 5) is 90.0. The predicted molar refractivity (Wildman–Crippen MR) is 193 cm³/mol. The maximum Gasteiger partial charge on any atom is 0.326 e. The number of aliphatic carboxylic acids is 1. The van der Waals surface area contributed by atoms with Gasteiger partial charge in [-0.15, -0.1) is 0 Å². The van der Waals surface area contributed by atoms with E-state index in [1.165, 1.54) is 31.2 Å². The minimum Gasteiger partial charge on any atom is -0.508 e. The van der Waals surface area contributed by atoms with Gasteiger partial charge in [0.25, 0.3) is 0 Å². The normalized spacial score (nSPS) is 14.9. The zero-order chi connectivity index (χ0) is 40.5. The largest absolute Gasteiger partial charge is 0.508 e. The smallest absolute Gasteiger partial charge is 0.326 e. The van der Waals surface area contributed by atoms with Gasteiger partial charge in [0.15, 0.2) is 0 Å². The van der Waals surface area contributed by atoms with Crippen molar-refractivity contribution in [3.05, 3.63) is 65.7 Å². The highest BCUT2D eigenvalue weighted by Gasteiger charge is 2.33. The zero-order valence-electron chi connectivity index (χ0n) is 30.2. The van der Waals surface area contributed by atoms with Gasteiger partial charge in [0.05, 0.1) is 13.2 Å². The van der Waals surface area contributed by atoms with Gasteiger partial charge in [0, 0.05) is 19.4 Å². The lowest BCUT2D eigenvalue weighted by Crippen LogP contribution is -2.61. The standard InChI is InChI=1S/C35H50N8O11/c1-18(2)28(43-30(48)23(37)16-44)34(52)41-26(15-36)32(50)38-19(3)29(47)42-27(17-45)33(51)39-24(13-21-9-11-22(46)12-10-21)31(49)40-25(35(53)54)14-20-7-5-4-6-8-20/h4-12,18-19,23-28,44-46H,13-17,36-37H2,1-3H3,(H,38,50)(H,39,51)(H,40,49)(H,41,52)(H,42,47)(H,43,48)(H,53,54)/t19-,23-,24-,25-,26-,27-,28-/m0/s1. The minimum absolute atomic E-state index is 0.0604. The summed E-state index contributed by atoms with van der Waals surface area (Å²) in [5.74, 6) is -7.18. The highest BCUT2D eigenvalue weighted by atomic mass is 16.4. The molecule has 0 unspecified atom stereocenters. The Bertz CT molecular complexity index is 1590. The third kappa shape index (κ3) is 14.1. The molecule has 0 bridgehead atoms. The van der Waals surface area contributed by atoms with E-state index in [-0.39, 0.29) is 18.6 Å². The van der Waals surface area contributed by atoms with E-state index in [9.17, 15) is 48.9 Å². The highest BCUT2D eigenvalue weighted by molar-refractivity contribution is 5.97. The van der Waals surface area contributed by atoms with Crippen molar-refractivity contribution in [3.8, 4) is 5.75 Å². The van der Waals surface area contributed by atoms with Crippen molar-refractivity contribution in [2.75, 3.05) is 19.8 Å². The lowest BCUT2D eigenvalue weighted by molar-refractivity contribution is -0.142. The molecule has 0 spiro atoms. The molecule has 0 saturated heterocycles. The fourth-order valence-corrected chi connectivity index (χ4v) is 4.91. The van der Waals surface area contributed by atoms with Gasteiger partial charge in [-0.25, -0.2) is 4.79 Å². The molecule has 0 fully saturated rings. The summed E-state index contributed by atoms with van der Waals surface area (Å²) < 4.78 is 0. The van der Waals surface area contributed by atoms with Gasteiger partial charge in [-0.05, 0) is 36.1 Å². The number of carboxylic acids is 1. The van der Waals surface area contributed by atoms with Gasteiger partial charge in [-0.1, -0.05) is 56.3 Å². The molecule has 14 N–H and O–H groups in total. The van der Waals surface area contributed by atoms with E-state index in [4.69, 9.17) is 16.6 Å². The lowest BCUT2D eigenvalue weighted by atomic mass is 10.0. The number of carboxylic acid groups (broad SMARTS) is 1. The number of nitrogens with one attached hydrogen (secondary N) is 6. The maximum absolute atomic E-state index is 13.4. The fourth-order valence-electron chi connectivity index (χ4n) is 4.91. The quantitative estimate of drug-likeness (QED) is 0.0581. The molecule has 19 heteroatoms. The number of nitrogens with two attached hydrogens (primary N) is 2. The molecule has 0 aromatic heterocycles. The number of carbonyl (C=O) groups excluding carboxylic acids is 6. The molecule has 2 rings (SSSR count). The summed E-state index contributed by atoms with van der Waals surface area (Å²) in [6.07, 6.45) is -0.237. The van der Waals surface area contributed by atoms with Gasteiger partial charge >= 0.3 is 5.97 Å². The SMILES string of the molecule is CC(C)[C@H](NC(=O)[C@@H](N)CO)C(=O)N[C@@H](CN)C(=O)N[C@@H](C)C(=O)N[C@@H](CO)C(=O)N[C@@H](Cc1ccc(O)cc1)C(=O)N[C@@H](Cc1ccccc1)C(=O)O. The number of phenolic OH excluding ortho intramolecular Hbond substituents is 1. The number of phenols is 1. The first-order valence-corrected chi connectivity index (χ1v) is 17.0. The highest BCUT2D eigenvalue weighted by Crippen LogP contribution is 2.12. The molecule has 296 valence electrons. The average Bonchev–Trinajstić information content (AvgIpc) is 3.14. The second-order valence-electron chi connectivity index (χ2n) is 12.8. The van der Waals surface area contributed by atoms with E-state index in [0.717, 1.165) is 0 Å². The summed E-state index contributed by atoms with van der Waals surface area (Å²) in [5, 5.41) is 52.9. The molecule has 7 atom stereocenters. The van der Waals surface area contributed by atoms with Crippen molar-refractivity contribution >= 4 is 41.4 Å². The van der Waals surface area contributed by atoms with Crippen molar-refractivity contribution < 1.29 is 54.0 Å². The fraction of sp³-hybridized carbons (Fsp3) is 0.457.